The molecule has 3 rings (SSSR count). The van der Waals surface area contributed by atoms with Crippen molar-refractivity contribution in [2.24, 2.45) is 5.73 Å². The van der Waals surface area contributed by atoms with Crippen molar-refractivity contribution in [3.05, 3.63) is 22.4 Å². The monoisotopic (exact) mass is 312 g/mol. The van der Waals surface area contributed by atoms with E-state index in [0.717, 1.165) is 0 Å². The predicted octanol–water partition coefficient (Wildman–Crippen LogP) is -0.485. The molecule has 0 radical (unpaired) electrons. The van der Waals surface area contributed by atoms with Gasteiger partial charge in [0.25, 0.3) is 5.91 Å². The van der Waals surface area contributed by atoms with Gasteiger partial charge in [0.15, 0.2) is 0 Å². The van der Waals surface area contributed by atoms with Gasteiger partial charge >= 0.3 is 0 Å². The van der Waals surface area contributed by atoms with E-state index < -0.39 is 5.91 Å². The zero-order valence-corrected chi connectivity index (χ0v) is 12.0. The van der Waals surface area contributed by atoms with Crippen LogP contribution in [-0.4, -0.2) is 56.0 Å². The highest BCUT2D eigenvalue weighted by molar-refractivity contribution is 7.12. The number of rotatable bonds is 5. The molecule has 0 bridgehead atoms. The van der Waals surface area contributed by atoms with Crippen molar-refractivity contribution in [3.63, 3.8) is 0 Å². The number of fused-ring (bicyclic) bond motifs is 1. The summed E-state index contributed by atoms with van der Waals surface area (Å²) < 4.78 is 16.6. The molecular weight excluding hydrogens is 296 g/mol. The van der Waals surface area contributed by atoms with E-state index in [0.29, 0.717) is 18.1 Å². The highest BCUT2D eigenvalue weighted by Gasteiger charge is 2.48. The lowest BCUT2D eigenvalue weighted by Crippen LogP contribution is -2.44. The van der Waals surface area contributed by atoms with Crippen LogP contribution >= 0.6 is 11.3 Å². The van der Waals surface area contributed by atoms with Crippen molar-refractivity contribution < 1.29 is 23.8 Å². The van der Waals surface area contributed by atoms with E-state index in [1.165, 1.54) is 11.3 Å². The molecule has 0 spiro atoms. The molecule has 8 heteroatoms. The van der Waals surface area contributed by atoms with Gasteiger partial charge in [-0.25, -0.2) is 0 Å². The maximum atomic E-state index is 12.0. The first-order valence-corrected chi connectivity index (χ1v) is 7.50. The first-order valence-electron chi connectivity index (χ1n) is 6.62. The van der Waals surface area contributed by atoms with Gasteiger partial charge in [-0.15, -0.1) is 11.3 Å². The molecule has 2 saturated heterocycles. The molecule has 21 heavy (non-hydrogen) atoms. The molecule has 2 aliphatic rings. The van der Waals surface area contributed by atoms with Crippen molar-refractivity contribution in [3.8, 4) is 0 Å². The molecule has 4 atom stereocenters. The molecule has 3 heterocycles. The quantitative estimate of drug-likeness (QED) is 0.764. The fourth-order valence-corrected chi connectivity index (χ4v) is 3.19. The van der Waals surface area contributed by atoms with E-state index in [-0.39, 0.29) is 36.9 Å². The van der Waals surface area contributed by atoms with Gasteiger partial charge in [0.05, 0.1) is 24.1 Å². The molecule has 7 nitrogen and oxygen atoms in total. The Morgan fingerprint density at radius 2 is 2.19 bits per heavy atom. The molecule has 2 amide bonds. The smallest absolute Gasteiger partial charge is 0.261 e. The summed E-state index contributed by atoms with van der Waals surface area (Å²) in [5.74, 6) is -0.664. The summed E-state index contributed by atoms with van der Waals surface area (Å²) in [7, 11) is 0. The van der Waals surface area contributed by atoms with Gasteiger partial charge in [0.1, 0.15) is 24.9 Å². The summed E-state index contributed by atoms with van der Waals surface area (Å²) in [6, 6.07) is 3.38. The topological polar surface area (TPSA) is 99.9 Å². The van der Waals surface area contributed by atoms with Crippen molar-refractivity contribution in [2.75, 3.05) is 19.8 Å². The van der Waals surface area contributed by atoms with Gasteiger partial charge in [0.2, 0.25) is 5.91 Å². The number of amides is 2. The summed E-state index contributed by atoms with van der Waals surface area (Å²) >= 11 is 1.38. The van der Waals surface area contributed by atoms with E-state index >= 15 is 0 Å². The van der Waals surface area contributed by atoms with Crippen molar-refractivity contribution in [1.29, 1.82) is 0 Å². The lowest BCUT2D eigenvalue weighted by Gasteiger charge is -2.17. The third-order valence-electron chi connectivity index (χ3n) is 3.51. The average Bonchev–Trinajstić information content (AvgIpc) is 3.15. The molecular formula is C13H16N2O5S. The molecule has 114 valence electrons. The number of nitrogens with one attached hydrogen (secondary N) is 1. The summed E-state index contributed by atoms with van der Waals surface area (Å²) in [5.41, 5.74) is 5.05. The SMILES string of the molecule is NC(=O)CO[C@@H]1CO[C@H]2[C@@H]1OC[C@@H]2NC(=O)c1cccs1. The minimum Gasteiger partial charge on any atom is -0.370 e. The predicted molar refractivity (Wildman–Crippen MR) is 74.0 cm³/mol. The highest BCUT2D eigenvalue weighted by Crippen LogP contribution is 2.29. The Hall–Kier alpha value is -1.48. The molecule has 1 aromatic heterocycles. The second-order valence-electron chi connectivity index (χ2n) is 4.97. The molecule has 2 aliphatic heterocycles. The van der Waals surface area contributed by atoms with E-state index in [2.05, 4.69) is 5.32 Å². The van der Waals surface area contributed by atoms with Crippen LogP contribution in [0.5, 0.6) is 0 Å². The molecule has 0 unspecified atom stereocenters. The van der Waals surface area contributed by atoms with Crippen molar-refractivity contribution >= 4 is 23.2 Å². The van der Waals surface area contributed by atoms with Gasteiger partial charge in [0, 0.05) is 0 Å². The number of nitrogens with two attached hydrogens (primary N) is 1. The minimum absolute atomic E-state index is 0.135. The first-order chi connectivity index (χ1) is 10.1. The van der Waals surface area contributed by atoms with Crippen LogP contribution in [0.25, 0.3) is 0 Å². The molecule has 0 aromatic carbocycles. The summed E-state index contributed by atoms with van der Waals surface area (Å²) in [4.78, 5) is 23.4. The Bertz CT molecular complexity index is 521. The molecule has 0 saturated carbocycles. The lowest BCUT2D eigenvalue weighted by atomic mass is 10.1. The van der Waals surface area contributed by atoms with E-state index in [1.54, 1.807) is 6.07 Å². The third kappa shape index (κ3) is 3.08. The molecule has 1 aromatic rings. The van der Waals surface area contributed by atoms with Gasteiger partial charge in [-0.1, -0.05) is 6.07 Å². The van der Waals surface area contributed by atoms with Gasteiger partial charge in [-0.05, 0) is 11.4 Å². The number of thiophene rings is 1. The molecule has 2 fully saturated rings. The zero-order chi connectivity index (χ0) is 14.8. The number of ether oxygens (including phenoxy) is 3. The number of hydrogen-bond donors (Lipinski definition) is 2. The second-order valence-corrected chi connectivity index (χ2v) is 5.92. The zero-order valence-electron chi connectivity index (χ0n) is 11.2. The number of carbonyl (C=O) groups excluding carboxylic acids is 2. The summed E-state index contributed by atoms with van der Waals surface area (Å²) in [5, 5.41) is 4.76. The van der Waals surface area contributed by atoms with Gasteiger partial charge < -0.3 is 25.3 Å². The highest BCUT2D eigenvalue weighted by atomic mass is 32.1. The van der Waals surface area contributed by atoms with E-state index in [4.69, 9.17) is 19.9 Å². The van der Waals surface area contributed by atoms with Crippen LogP contribution in [0.1, 0.15) is 9.67 Å². The third-order valence-corrected chi connectivity index (χ3v) is 4.38. The Morgan fingerprint density at radius 3 is 2.90 bits per heavy atom. The number of carbonyl (C=O) groups is 2. The summed E-state index contributed by atoms with van der Waals surface area (Å²) in [6.45, 7) is 0.531. The maximum Gasteiger partial charge on any atom is 0.261 e. The van der Waals surface area contributed by atoms with Crippen LogP contribution in [-0.2, 0) is 19.0 Å². The van der Waals surface area contributed by atoms with Crippen LogP contribution in [0.3, 0.4) is 0 Å². The second kappa shape index (κ2) is 6.10. The van der Waals surface area contributed by atoms with Crippen molar-refractivity contribution in [2.45, 2.75) is 24.4 Å². The normalized spacial score (nSPS) is 31.0. The van der Waals surface area contributed by atoms with E-state index in [9.17, 15) is 9.59 Å². The standard InChI is InChI=1S/C13H16N2O5S/c14-10(16)6-18-8-5-20-11-7(4-19-12(8)11)15-13(17)9-2-1-3-21-9/h1-3,7-8,11-12H,4-6H2,(H2,14,16)(H,15,17)/t7-,8+,11+,12+/m0/s1. The lowest BCUT2D eigenvalue weighted by molar-refractivity contribution is -0.126. The van der Waals surface area contributed by atoms with Crippen LogP contribution in [0.2, 0.25) is 0 Å². The fraction of sp³-hybridized carbons (Fsp3) is 0.538. The Balaban J connectivity index is 1.56. The largest absolute Gasteiger partial charge is 0.370 e. The first kappa shape index (κ1) is 14.5. The van der Waals surface area contributed by atoms with Crippen LogP contribution in [0.4, 0.5) is 0 Å². The number of hydrogen-bond acceptors (Lipinski definition) is 6. The van der Waals surface area contributed by atoms with Crippen LogP contribution in [0, 0.1) is 0 Å². The maximum absolute atomic E-state index is 12.0. The van der Waals surface area contributed by atoms with E-state index in [1.807, 2.05) is 11.4 Å². The minimum atomic E-state index is -0.529. The summed E-state index contributed by atoms with van der Waals surface area (Å²) in [6.07, 6.45) is -0.865. The van der Waals surface area contributed by atoms with Crippen LogP contribution in [0.15, 0.2) is 17.5 Å². The molecule has 0 aliphatic carbocycles. The Morgan fingerprint density at radius 1 is 1.38 bits per heavy atom. The Kier molecular flexibility index (Phi) is 4.20. The van der Waals surface area contributed by atoms with Gasteiger partial charge in [-0.2, -0.15) is 0 Å². The van der Waals surface area contributed by atoms with Crippen LogP contribution < -0.4 is 11.1 Å². The van der Waals surface area contributed by atoms with Crippen molar-refractivity contribution in [1.82, 2.24) is 5.32 Å². The number of primary amides is 1. The average molecular weight is 312 g/mol. The van der Waals surface area contributed by atoms with Gasteiger partial charge in [-0.3, -0.25) is 9.59 Å². The fourth-order valence-electron chi connectivity index (χ4n) is 2.57. The Labute approximate surface area is 125 Å². The molecule has 3 N–H and O–H groups in total.